The van der Waals surface area contributed by atoms with Gasteiger partial charge in [0.1, 0.15) is 11.8 Å². The molecule has 2 aromatic rings. The van der Waals surface area contributed by atoms with E-state index in [1.807, 2.05) is 0 Å². The number of imidazole rings is 1. The molecular weight excluding hydrogens is 162 g/mol. The van der Waals surface area contributed by atoms with Crippen LogP contribution in [0.25, 0.3) is 11.2 Å². The lowest BCUT2D eigenvalue weighted by molar-refractivity contribution is 0.191. The molecule has 0 saturated heterocycles. The van der Waals surface area contributed by atoms with E-state index in [2.05, 4.69) is 20.1 Å². The summed E-state index contributed by atoms with van der Waals surface area (Å²) in [6, 6.07) is 0. The Morgan fingerprint density at radius 2 is 2.33 bits per heavy atom. The van der Waals surface area contributed by atoms with E-state index in [-0.39, 0.29) is 11.1 Å². The van der Waals surface area contributed by atoms with Crippen LogP contribution < -0.4 is 5.49 Å². The summed E-state index contributed by atoms with van der Waals surface area (Å²) < 4.78 is 0.737. The molecule has 0 amide bonds. The first-order valence-corrected chi connectivity index (χ1v) is 3.11. The van der Waals surface area contributed by atoms with Gasteiger partial charge >= 0.3 is 0 Å². The van der Waals surface area contributed by atoms with Gasteiger partial charge < -0.3 is 15.4 Å². The molecule has 12 heavy (non-hydrogen) atoms. The predicted molar refractivity (Wildman–Crippen MR) is 36.4 cm³/mol. The van der Waals surface area contributed by atoms with Gasteiger partial charge in [-0.2, -0.15) is 4.73 Å². The van der Waals surface area contributed by atoms with Crippen molar-refractivity contribution in [3.8, 4) is 0 Å². The third-order valence-corrected chi connectivity index (χ3v) is 1.44. The van der Waals surface area contributed by atoms with Crippen LogP contribution in [0.3, 0.4) is 0 Å². The Balaban J connectivity index is 3.02. The maximum atomic E-state index is 9.13. The van der Waals surface area contributed by atoms with E-state index in [4.69, 9.17) is 10.4 Å². The molecule has 0 unspecified atom stereocenters. The van der Waals surface area contributed by atoms with E-state index in [0.717, 1.165) is 11.1 Å². The van der Waals surface area contributed by atoms with Gasteiger partial charge in [-0.3, -0.25) is 0 Å². The molecule has 0 aromatic carbocycles. The van der Waals surface area contributed by atoms with Gasteiger partial charge in [0.25, 0.3) is 0 Å². The Morgan fingerprint density at radius 3 is 3.08 bits per heavy atom. The summed E-state index contributed by atoms with van der Waals surface area (Å²) in [6.45, 7) is 0. The third kappa shape index (κ3) is 0.729. The van der Waals surface area contributed by atoms with E-state index in [1.165, 1.54) is 6.33 Å². The van der Waals surface area contributed by atoms with Crippen molar-refractivity contribution in [3.05, 3.63) is 18.1 Å². The monoisotopic (exact) mass is 167 g/mol. The van der Waals surface area contributed by atoms with Crippen LogP contribution in [0, 0.1) is 0 Å². The van der Waals surface area contributed by atoms with Gasteiger partial charge in [0.05, 0.1) is 6.33 Å². The second-order valence-corrected chi connectivity index (χ2v) is 2.11. The molecule has 0 bridgehead atoms. The van der Waals surface area contributed by atoms with Crippen molar-refractivity contribution in [2.45, 2.75) is 0 Å². The maximum Gasteiger partial charge on any atom is 0.220 e. The van der Waals surface area contributed by atoms with Crippen LogP contribution in [0.4, 0.5) is 0 Å². The third-order valence-electron chi connectivity index (χ3n) is 1.44. The molecule has 3 N–H and O–H groups in total. The van der Waals surface area contributed by atoms with Crippen molar-refractivity contribution < 1.29 is 10.4 Å². The highest BCUT2D eigenvalue weighted by atomic mass is 16.5. The lowest BCUT2D eigenvalue weighted by atomic mass is 10.5. The SMILES string of the molecule is O/N=c1/ncn(O)c2nc[nH]c12. The van der Waals surface area contributed by atoms with Crippen LogP contribution in [0.5, 0.6) is 0 Å². The quantitative estimate of drug-likeness (QED) is 0.274. The first-order valence-electron chi connectivity index (χ1n) is 3.11. The smallest absolute Gasteiger partial charge is 0.220 e. The van der Waals surface area contributed by atoms with Gasteiger partial charge in [-0.1, -0.05) is 5.16 Å². The van der Waals surface area contributed by atoms with Crippen molar-refractivity contribution >= 4 is 11.2 Å². The Morgan fingerprint density at radius 1 is 1.50 bits per heavy atom. The summed E-state index contributed by atoms with van der Waals surface area (Å²) in [5.41, 5.74) is 0.730. The molecule has 0 saturated carbocycles. The minimum Gasteiger partial charge on any atom is -0.425 e. The van der Waals surface area contributed by atoms with E-state index < -0.39 is 0 Å². The van der Waals surface area contributed by atoms with E-state index in [1.54, 1.807) is 0 Å². The van der Waals surface area contributed by atoms with Crippen molar-refractivity contribution in [1.82, 2.24) is 19.7 Å². The molecule has 0 aliphatic carbocycles. The number of rotatable bonds is 0. The highest BCUT2D eigenvalue weighted by Gasteiger charge is 2.02. The minimum atomic E-state index is 0.0906. The van der Waals surface area contributed by atoms with Crippen LogP contribution in [0.1, 0.15) is 0 Å². The van der Waals surface area contributed by atoms with Crippen molar-refractivity contribution in [2.75, 3.05) is 0 Å². The summed E-state index contributed by atoms with van der Waals surface area (Å²) in [7, 11) is 0. The zero-order valence-corrected chi connectivity index (χ0v) is 5.84. The van der Waals surface area contributed by atoms with Crippen molar-refractivity contribution in [3.63, 3.8) is 0 Å². The molecule has 2 heterocycles. The van der Waals surface area contributed by atoms with Gasteiger partial charge in [0, 0.05) is 0 Å². The number of hydrogen-bond acceptors (Lipinski definition) is 5. The standard InChI is InChI=1S/C5H5N5O2/c11-9-4-3-5(7-1-6-3)10(12)2-8-4/h1-2,11-12H,(H,6,7)/b9-4+. The van der Waals surface area contributed by atoms with Crippen LogP contribution in [0.2, 0.25) is 0 Å². The summed E-state index contributed by atoms with van der Waals surface area (Å²) in [5.74, 6) is 0. The topological polar surface area (TPSA) is 99.3 Å². The predicted octanol–water partition coefficient (Wildman–Crippen LogP) is -0.713. The Bertz CT molecular complexity index is 470. The Kier molecular flexibility index (Phi) is 1.23. The molecule has 2 rings (SSSR count). The average molecular weight is 167 g/mol. The normalized spacial score (nSPS) is 12.5. The van der Waals surface area contributed by atoms with Gasteiger partial charge in [0.2, 0.25) is 5.49 Å². The molecular formula is C5H5N5O2. The molecule has 0 atom stereocenters. The fourth-order valence-corrected chi connectivity index (χ4v) is 0.930. The number of nitrogens with zero attached hydrogens (tertiary/aromatic N) is 4. The molecule has 2 aromatic heterocycles. The van der Waals surface area contributed by atoms with Gasteiger partial charge in [-0.15, -0.1) is 0 Å². The molecule has 0 radical (unpaired) electrons. The van der Waals surface area contributed by atoms with Crippen LogP contribution in [-0.2, 0) is 0 Å². The Hall–Kier alpha value is -2.05. The molecule has 0 aliphatic heterocycles. The number of aromatic amines is 1. The van der Waals surface area contributed by atoms with E-state index in [9.17, 15) is 0 Å². The average Bonchev–Trinajstić information content (AvgIpc) is 2.54. The molecule has 0 aliphatic rings. The van der Waals surface area contributed by atoms with Crippen LogP contribution in [0.15, 0.2) is 17.8 Å². The second-order valence-electron chi connectivity index (χ2n) is 2.11. The Labute approximate surface area is 65.6 Å². The fourth-order valence-electron chi connectivity index (χ4n) is 0.930. The van der Waals surface area contributed by atoms with E-state index in [0.29, 0.717) is 5.52 Å². The molecule has 0 spiro atoms. The summed E-state index contributed by atoms with van der Waals surface area (Å²) >= 11 is 0. The highest BCUT2D eigenvalue weighted by molar-refractivity contribution is 5.67. The molecule has 62 valence electrons. The molecule has 0 fully saturated rings. The van der Waals surface area contributed by atoms with Crippen LogP contribution in [-0.4, -0.2) is 30.1 Å². The van der Waals surface area contributed by atoms with E-state index >= 15 is 0 Å². The highest BCUT2D eigenvalue weighted by Crippen LogP contribution is 1.98. The first-order chi connectivity index (χ1) is 5.83. The lowest BCUT2D eigenvalue weighted by Crippen LogP contribution is -2.12. The number of nitrogens with one attached hydrogen (secondary N) is 1. The van der Waals surface area contributed by atoms with Crippen molar-refractivity contribution in [1.29, 1.82) is 0 Å². The number of aromatic nitrogens is 4. The summed E-state index contributed by atoms with van der Waals surface area (Å²) in [5, 5.41) is 20.5. The largest absolute Gasteiger partial charge is 0.425 e. The molecule has 7 nitrogen and oxygen atoms in total. The second kappa shape index (κ2) is 2.22. The molecule has 7 heteroatoms. The van der Waals surface area contributed by atoms with Crippen LogP contribution >= 0.6 is 0 Å². The number of H-pyrrole nitrogens is 1. The zero-order chi connectivity index (χ0) is 8.55. The first kappa shape index (κ1) is 6.65. The number of fused-ring (bicyclic) bond motifs is 1. The maximum absolute atomic E-state index is 9.13. The lowest BCUT2D eigenvalue weighted by Gasteiger charge is -1.94. The van der Waals surface area contributed by atoms with Gasteiger partial charge in [-0.05, 0) is 0 Å². The van der Waals surface area contributed by atoms with Gasteiger partial charge in [0.15, 0.2) is 5.65 Å². The zero-order valence-electron chi connectivity index (χ0n) is 5.84. The minimum absolute atomic E-state index is 0.0906. The summed E-state index contributed by atoms with van der Waals surface area (Å²) in [6.07, 6.45) is 2.46. The van der Waals surface area contributed by atoms with Crippen molar-refractivity contribution in [2.24, 2.45) is 5.16 Å². The van der Waals surface area contributed by atoms with Gasteiger partial charge in [-0.25, -0.2) is 9.97 Å². The summed E-state index contributed by atoms with van der Waals surface area (Å²) in [4.78, 5) is 10.1. The fraction of sp³-hybridized carbons (Fsp3) is 0. The number of hydrogen-bond donors (Lipinski definition) is 3.